The molecule has 4 aliphatic carbocycles. The lowest BCUT2D eigenvalue weighted by Gasteiger charge is -2.65. The summed E-state index contributed by atoms with van der Waals surface area (Å²) in [5.41, 5.74) is -0.681. The van der Waals surface area contributed by atoms with Crippen molar-refractivity contribution < 1.29 is 37.3 Å². The predicted molar refractivity (Wildman–Crippen MR) is 122 cm³/mol. The summed E-state index contributed by atoms with van der Waals surface area (Å²) < 4.78 is 36.7. The highest BCUT2D eigenvalue weighted by Gasteiger charge is 2.69. The van der Waals surface area contributed by atoms with E-state index in [1.165, 1.54) is 6.07 Å². The summed E-state index contributed by atoms with van der Waals surface area (Å²) in [5.74, 6) is 0.662. The van der Waals surface area contributed by atoms with E-state index in [9.17, 15) is 20.1 Å². The maximum atomic E-state index is 12.2. The van der Waals surface area contributed by atoms with Gasteiger partial charge in [-0.15, -0.1) is 0 Å². The first-order valence-corrected chi connectivity index (χ1v) is 13.5. The van der Waals surface area contributed by atoms with E-state index >= 15 is 0 Å². The summed E-state index contributed by atoms with van der Waals surface area (Å²) in [7, 11) is -4.67. The van der Waals surface area contributed by atoms with Gasteiger partial charge < -0.3 is 19.7 Å². The fourth-order valence-corrected chi connectivity index (χ4v) is 8.41. The Kier molecular flexibility index (Phi) is 6.58. The molecule has 5 rings (SSSR count). The van der Waals surface area contributed by atoms with Crippen molar-refractivity contribution in [2.75, 3.05) is 0 Å². The molecular formula is C24H36O9S. The van der Waals surface area contributed by atoms with Crippen LogP contribution in [-0.4, -0.2) is 50.7 Å². The lowest BCUT2D eigenvalue weighted by atomic mass is 9.42. The van der Waals surface area contributed by atoms with Crippen LogP contribution in [0.5, 0.6) is 0 Å². The SMILES string of the molecule is C[C@]12CC[C@H](O)C[C@H]1CCC1C2[C@H](O)C[C@]2(C)[C@@H](c3ccc(=O)oc3)CC[C@]12O.O=S(=O)(O)O. The van der Waals surface area contributed by atoms with Gasteiger partial charge >= 0.3 is 16.0 Å². The Labute approximate surface area is 199 Å². The second kappa shape index (κ2) is 8.67. The Morgan fingerprint density at radius 3 is 2.32 bits per heavy atom. The van der Waals surface area contributed by atoms with Crippen LogP contribution in [0.1, 0.15) is 76.7 Å². The number of aliphatic hydroxyl groups excluding tert-OH is 2. The van der Waals surface area contributed by atoms with E-state index in [-0.39, 0.29) is 34.9 Å². The smallest absolute Gasteiger partial charge is 0.394 e. The number of aliphatic hydroxyl groups is 3. The molecule has 0 amide bonds. The molecule has 0 aliphatic heterocycles. The van der Waals surface area contributed by atoms with Crippen LogP contribution in [0.15, 0.2) is 27.6 Å². The zero-order valence-corrected chi connectivity index (χ0v) is 20.4. The van der Waals surface area contributed by atoms with Crippen molar-refractivity contribution in [2.45, 2.75) is 88.9 Å². The molecule has 34 heavy (non-hydrogen) atoms. The van der Waals surface area contributed by atoms with Crippen LogP contribution in [0.2, 0.25) is 0 Å². The maximum absolute atomic E-state index is 12.2. The van der Waals surface area contributed by atoms with Crippen molar-refractivity contribution in [3.05, 3.63) is 34.4 Å². The topological polar surface area (TPSA) is 165 Å². The van der Waals surface area contributed by atoms with Crippen LogP contribution in [0.25, 0.3) is 0 Å². The highest BCUT2D eigenvalue weighted by atomic mass is 32.3. The van der Waals surface area contributed by atoms with Gasteiger partial charge in [0.25, 0.3) is 0 Å². The van der Waals surface area contributed by atoms with Gasteiger partial charge in [-0.05, 0) is 92.1 Å². The first-order valence-electron chi connectivity index (χ1n) is 12.1. The normalized spacial score (nSPS) is 45.9. The molecule has 1 aromatic heterocycles. The Bertz CT molecular complexity index is 1040. The van der Waals surface area contributed by atoms with E-state index in [0.717, 1.165) is 50.5 Å². The average molecular weight is 501 g/mol. The highest BCUT2D eigenvalue weighted by Crippen LogP contribution is 2.70. The zero-order valence-electron chi connectivity index (χ0n) is 19.6. The number of hydrogen-bond acceptors (Lipinski definition) is 7. The third-order valence-corrected chi connectivity index (χ3v) is 9.89. The second-order valence-electron chi connectivity index (χ2n) is 11.4. The Hall–Kier alpha value is -1.30. The minimum atomic E-state index is -4.67. The molecule has 1 heterocycles. The quantitative estimate of drug-likeness (QED) is 0.364. The number of hydrogen-bond donors (Lipinski definition) is 5. The molecule has 0 spiro atoms. The van der Waals surface area contributed by atoms with E-state index in [4.69, 9.17) is 21.9 Å². The van der Waals surface area contributed by atoms with E-state index in [2.05, 4.69) is 13.8 Å². The van der Waals surface area contributed by atoms with E-state index < -0.39 is 27.5 Å². The van der Waals surface area contributed by atoms with Crippen molar-refractivity contribution in [1.82, 2.24) is 0 Å². The first-order chi connectivity index (χ1) is 15.7. The summed E-state index contributed by atoms with van der Waals surface area (Å²) in [5, 5.41) is 33.8. The average Bonchev–Trinajstić information content (AvgIpc) is 2.99. The fourth-order valence-electron chi connectivity index (χ4n) is 8.41. The molecule has 192 valence electrons. The molecule has 1 aromatic rings. The van der Waals surface area contributed by atoms with Gasteiger partial charge in [-0.25, -0.2) is 4.79 Å². The second-order valence-corrected chi connectivity index (χ2v) is 12.3. The number of fused-ring (bicyclic) bond motifs is 5. The molecule has 4 fully saturated rings. The van der Waals surface area contributed by atoms with Gasteiger partial charge in [0, 0.05) is 11.5 Å². The molecule has 9 atom stereocenters. The van der Waals surface area contributed by atoms with Crippen LogP contribution in [0.3, 0.4) is 0 Å². The molecule has 4 saturated carbocycles. The summed E-state index contributed by atoms with van der Waals surface area (Å²) in [6.07, 6.45) is 7.49. The molecule has 0 aromatic carbocycles. The van der Waals surface area contributed by atoms with Crippen LogP contribution < -0.4 is 5.63 Å². The molecule has 0 saturated heterocycles. The van der Waals surface area contributed by atoms with Gasteiger partial charge in [0.1, 0.15) is 0 Å². The fraction of sp³-hybridized carbons (Fsp3) is 0.792. The van der Waals surface area contributed by atoms with Gasteiger partial charge in [-0.3, -0.25) is 9.11 Å². The molecule has 9 nitrogen and oxygen atoms in total. The van der Waals surface area contributed by atoms with Crippen LogP contribution >= 0.6 is 0 Å². The summed E-state index contributed by atoms with van der Waals surface area (Å²) >= 11 is 0. The minimum absolute atomic E-state index is 0.0176. The molecule has 0 radical (unpaired) electrons. The molecule has 4 aliphatic rings. The summed E-state index contributed by atoms with van der Waals surface area (Å²) in [6, 6.07) is 3.28. The monoisotopic (exact) mass is 500 g/mol. The standard InChI is InChI=1S/C24H34O5.H2O4S/c1-22-9-7-16(25)11-15(22)4-5-18-21(22)19(26)12-23(2)17(8-10-24(18,23)28)14-3-6-20(27)29-13-14;1-5(2,3)4/h3,6,13,15-19,21,25-26,28H,4-5,7-12H2,1-2H3;(H2,1,2,3,4)/t15-,16+,17-,18?,19-,21?,22+,23-,24+;/m1./s1. The van der Waals surface area contributed by atoms with Crippen molar-refractivity contribution in [3.8, 4) is 0 Å². The molecule has 5 N–H and O–H groups in total. The van der Waals surface area contributed by atoms with E-state index in [1.54, 1.807) is 6.26 Å². The molecule has 10 heteroatoms. The van der Waals surface area contributed by atoms with Gasteiger partial charge in [-0.1, -0.05) is 13.8 Å². The van der Waals surface area contributed by atoms with Gasteiger partial charge in [-0.2, -0.15) is 8.42 Å². The van der Waals surface area contributed by atoms with Crippen LogP contribution in [0, 0.1) is 28.6 Å². The van der Waals surface area contributed by atoms with Crippen molar-refractivity contribution in [1.29, 1.82) is 0 Å². The van der Waals surface area contributed by atoms with Crippen molar-refractivity contribution in [3.63, 3.8) is 0 Å². The third kappa shape index (κ3) is 4.26. The molecule has 2 unspecified atom stereocenters. The molecular weight excluding hydrogens is 464 g/mol. The molecule has 0 bridgehead atoms. The largest absolute Gasteiger partial charge is 0.431 e. The van der Waals surface area contributed by atoms with Crippen molar-refractivity contribution in [2.24, 2.45) is 28.6 Å². The lowest BCUT2D eigenvalue weighted by Crippen LogP contribution is -2.66. The van der Waals surface area contributed by atoms with E-state index in [1.807, 2.05) is 6.07 Å². The van der Waals surface area contributed by atoms with Gasteiger partial charge in [0.15, 0.2) is 0 Å². The van der Waals surface area contributed by atoms with Gasteiger partial charge in [0.05, 0.1) is 24.1 Å². The predicted octanol–water partition coefficient (Wildman–Crippen LogP) is 2.56. The van der Waals surface area contributed by atoms with E-state index in [0.29, 0.717) is 12.3 Å². The Balaban J connectivity index is 0.000000499. The lowest BCUT2D eigenvalue weighted by molar-refractivity contribution is -0.239. The van der Waals surface area contributed by atoms with Crippen molar-refractivity contribution >= 4 is 10.4 Å². The Morgan fingerprint density at radius 2 is 1.71 bits per heavy atom. The minimum Gasteiger partial charge on any atom is -0.431 e. The first kappa shape index (κ1) is 25.8. The maximum Gasteiger partial charge on any atom is 0.394 e. The zero-order chi connectivity index (χ0) is 25.1. The third-order valence-electron chi connectivity index (χ3n) is 9.89. The summed E-state index contributed by atoms with van der Waals surface area (Å²) in [6.45, 7) is 4.43. The summed E-state index contributed by atoms with van der Waals surface area (Å²) in [4.78, 5) is 11.4. The van der Waals surface area contributed by atoms with Crippen LogP contribution in [-0.2, 0) is 10.4 Å². The van der Waals surface area contributed by atoms with Gasteiger partial charge in [0.2, 0.25) is 0 Å². The number of rotatable bonds is 1. The highest BCUT2D eigenvalue weighted by molar-refractivity contribution is 7.79. The van der Waals surface area contributed by atoms with Crippen LogP contribution in [0.4, 0.5) is 0 Å². The Morgan fingerprint density at radius 1 is 1.03 bits per heavy atom.